The standard InChI is InChI=1S/C17H34N2/c1-14(2)11-18-12-17(9-5-6-10-17)13-19(4)15(3)16-7-8-16/h14-16,18H,5-13H2,1-4H3. The molecule has 2 saturated carbocycles. The third kappa shape index (κ3) is 4.46. The summed E-state index contributed by atoms with van der Waals surface area (Å²) in [7, 11) is 2.35. The first kappa shape index (κ1) is 15.3. The lowest BCUT2D eigenvalue weighted by Gasteiger charge is -2.37. The van der Waals surface area contributed by atoms with Gasteiger partial charge >= 0.3 is 0 Å². The highest BCUT2D eigenvalue weighted by atomic mass is 15.1. The van der Waals surface area contributed by atoms with Gasteiger partial charge in [-0.05, 0) is 63.5 Å². The van der Waals surface area contributed by atoms with Gasteiger partial charge < -0.3 is 10.2 Å². The zero-order chi connectivity index (χ0) is 13.9. The summed E-state index contributed by atoms with van der Waals surface area (Å²) in [4.78, 5) is 2.65. The zero-order valence-electron chi connectivity index (χ0n) is 13.5. The molecule has 2 aliphatic rings. The molecule has 112 valence electrons. The van der Waals surface area contributed by atoms with Gasteiger partial charge in [-0.15, -0.1) is 0 Å². The van der Waals surface area contributed by atoms with Crippen LogP contribution >= 0.6 is 0 Å². The molecule has 0 radical (unpaired) electrons. The van der Waals surface area contributed by atoms with E-state index in [2.05, 4.69) is 38.0 Å². The van der Waals surface area contributed by atoms with Crippen LogP contribution in [0, 0.1) is 17.3 Å². The Morgan fingerprint density at radius 1 is 1.16 bits per heavy atom. The molecule has 0 saturated heterocycles. The van der Waals surface area contributed by atoms with Crippen LogP contribution in [-0.2, 0) is 0 Å². The third-order valence-corrected chi connectivity index (χ3v) is 5.30. The summed E-state index contributed by atoms with van der Waals surface area (Å²) >= 11 is 0. The highest BCUT2D eigenvalue weighted by molar-refractivity contribution is 4.92. The van der Waals surface area contributed by atoms with E-state index in [9.17, 15) is 0 Å². The number of nitrogens with one attached hydrogen (secondary N) is 1. The molecule has 2 aliphatic carbocycles. The molecule has 0 aromatic carbocycles. The number of nitrogens with zero attached hydrogens (tertiary/aromatic N) is 1. The summed E-state index contributed by atoms with van der Waals surface area (Å²) in [5.41, 5.74) is 0.562. The lowest BCUT2D eigenvalue weighted by atomic mass is 9.85. The Labute approximate surface area is 120 Å². The minimum absolute atomic E-state index is 0.562. The predicted molar refractivity (Wildman–Crippen MR) is 83.4 cm³/mol. The molecule has 2 rings (SSSR count). The molecular weight excluding hydrogens is 232 g/mol. The van der Waals surface area contributed by atoms with E-state index in [-0.39, 0.29) is 0 Å². The minimum Gasteiger partial charge on any atom is -0.316 e. The summed E-state index contributed by atoms with van der Waals surface area (Å²) in [5.74, 6) is 1.76. The summed E-state index contributed by atoms with van der Waals surface area (Å²) in [5, 5.41) is 3.73. The van der Waals surface area contributed by atoms with Crippen molar-refractivity contribution >= 4 is 0 Å². The molecular formula is C17H34N2. The fourth-order valence-electron chi connectivity index (χ4n) is 3.75. The Hall–Kier alpha value is -0.0800. The van der Waals surface area contributed by atoms with Crippen LogP contribution in [0.3, 0.4) is 0 Å². The van der Waals surface area contributed by atoms with Crippen LogP contribution in [0.1, 0.15) is 59.3 Å². The van der Waals surface area contributed by atoms with Gasteiger partial charge in [0.2, 0.25) is 0 Å². The number of rotatable bonds is 8. The van der Waals surface area contributed by atoms with Gasteiger partial charge in [0, 0.05) is 19.1 Å². The van der Waals surface area contributed by atoms with E-state index < -0.39 is 0 Å². The Balaban J connectivity index is 1.83. The number of hydrogen-bond donors (Lipinski definition) is 1. The van der Waals surface area contributed by atoms with Crippen LogP contribution in [0.2, 0.25) is 0 Å². The molecule has 2 fully saturated rings. The number of hydrogen-bond acceptors (Lipinski definition) is 2. The molecule has 0 bridgehead atoms. The van der Waals surface area contributed by atoms with Crippen LogP contribution in [0.5, 0.6) is 0 Å². The van der Waals surface area contributed by atoms with Gasteiger partial charge in [0.15, 0.2) is 0 Å². The van der Waals surface area contributed by atoms with Crippen molar-refractivity contribution in [2.45, 2.75) is 65.3 Å². The van der Waals surface area contributed by atoms with Crippen LogP contribution < -0.4 is 5.32 Å². The van der Waals surface area contributed by atoms with Gasteiger partial charge in [-0.1, -0.05) is 26.7 Å². The Kier molecular flexibility index (Phi) is 5.30. The largest absolute Gasteiger partial charge is 0.316 e. The monoisotopic (exact) mass is 266 g/mol. The fourth-order valence-corrected chi connectivity index (χ4v) is 3.75. The van der Waals surface area contributed by atoms with Gasteiger partial charge in [-0.25, -0.2) is 0 Å². The van der Waals surface area contributed by atoms with Gasteiger partial charge in [0.05, 0.1) is 0 Å². The van der Waals surface area contributed by atoms with Crippen LogP contribution in [-0.4, -0.2) is 37.6 Å². The normalized spacial score (nSPS) is 24.3. The molecule has 1 atom stereocenters. The second-order valence-electron chi connectivity index (χ2n) is 7.73. The first-order chi connectivity index (χ1) is 9.02. The van der Waals surface area contributed by atoms with Gasteiger partial charge in [0.1, 0.15) is 0 Å². The smallest absolute Gasteiger partial charge is 0.00923 e. The van der Waals surface area contributed by atoms with Crippen molar-refractivity contribution in [3.05, 3.63) is 0 Å². The van der Waals surface area contributed by atoms with Gasteiger partial charge in [-0.3, -0.25) is 0 Å². The molecule has 0 aliphatic heterocycles. The quantitative estimate of drug-likeness (QED) is 0.723. The van der Waals surface area contributed by atoms with Crippen LogP contribution in [0.4, 0.5) is 0 Å². The summed E-state index contributed by atoms with van der Waals surface area (Å²) in [6, 6.07) is 0.794. The second-order valence-corrected chi connectivity index (χ2v) is 7.73. The van der Waals surface area contributed by atoms with Crippen molar-refractivity contribution in [3.8, 4) is 0 Å². The Morgan fingerprint density at radius 3 is 2.32 bits per heavy atom. The molecule has 2 nitrogen and oxygen atoms in total. The van der Waals surface area contributed by atoms with E-state index in [1.807, 2.05) is 0 Å². The Morgan fingerprint density at radius 2 is 1.79 bits per heavy atom. The van der Waals surface area contributed by atoms with Crippen molar-refractivity contribution in [1.29, 1.82) is 0 Å². The lowest BCUT2D eigenvalue weighted by Crippen LogP contribution is -2.45. The van der Waals surface area contributed by atoms with Crippen molar-refractivity contribution < 1.29 is 0 Å². The van der Waals surface area contributed by atoms with Gasteiger partial charge in [0.25, 0.3) is 0 Å². The molecule has 0 heterocycles. The van der Waals surface area contributed by atoms with Crippen molar-refractivity contribution in [3.63, 3.8) is 0 Å². The molecule has 2 heteroatoms. The van der Waals surface area contributed by atoms with Crippen LogP contribution in [0.25, 0.3) is 0 Å². The zero-order valence-corrected chi connectivity index (χ0v) is 13.5. The topological polar surface area (TPSA) is 15.3 Å². The highest BCUT2D eigenvalue weighted by Gasteiger charge is 2.38. The molecule has 0 amide bonds. The molecule has 0 aromatic heterocycles. The summed E-state index contributed by atoms with van der Waals surface area (Å²) < 4.78 is 0. The Bertz CT molecular complexity index is 264. The maximum absolute atomic E-state index is 3.73. The van der Waals surface area contributed by atoms with Crippen molar-refractivity contribution in [1.82, 2.24) is 10.2 Å². The van der Waals surface area contributed by atoms with E-state index in [0.717, 1.165) is 17.9 Å². The minimum atomic E-state index is 0.562. The van der Waals surface area contributed by atoms with E-state index in [1.165, 1.54) is 58.2 Å². The second kappa shape index (κ2) is 6.58. The van der Waals surface area contributed by atoms with E-state index in [0.29, 0.717) is 5.41 Å². The van der Waals surface area contributed by atoms with E-state index >= 15 is 0 Å². The SMILES string of the molecule is CC(C)CNCC1(CN(C)C(C)C2CC2)CCCC1. The first-order valence-electron chi connectivity index (χ1n) is 8.43. The molecule has 1 unspecified atom stereocenters. The fraction of sp³-hybridized carbons (Fsp3) is 1.00. The maximum Gasteiger partial charge on any atom is 0.00923 e. The van der Waals surface area contributed by atoms with E-state index in [1.54, 1.807) is 0 Å². The molecule has 19 heavy (non-hydrogen) atoms. The molecule has 0 aromatic rings. The molecule has 1 N–H and O–H groups in total. The van der Waals surface area contributed by atoms with Crippen LogP contribution in [0.15, 0.2) is 0 Å². The highest BCUT2D eigenvalue weighted by Crippen LogP contribution is 2.40. The first-order valence-corrected chi connectivity index (χ1v) is 8.43. The van der Waals surface area contributed by atoms with Crippen molar-refractivity contribution in [2.24, 2.45) is 17.3 Å². The molecule has 0 spiro atoms. The van der Waals surface area contributed by atoms with Crippen molar-refractivity contribution in [2.75, 3.05) is 26.7 Å². The predicted octanol–water partition coefficient (Wildman–Crippen LogP) is 3.52. The van der Waals surface area contributed by atoms with E-state index in [4.69, 9.17) is 0 Å². The average molecular weight is 266 g/mol. The van der Waals surface area contributed by atoms with Gasteiger partial charge in [-0.2, -0.15) is 0 Å². The summed E-state index contributed by atoms with van der Waals surface area (Å²) in [6.07, 6.45) is 8.66. The summed E-state index contributed by atoms with van der Waals surface area (Å²) in [6.45, 7) is 10.7. The maximum atomic E-state index is 3.73. The lowest BCUT2D eigenvalue weighted by molar-refractivity contribution is 0.130. The third-order valence-electron chi connectivity index (χ3n) is 5.30. The average Bonchev–Trinajstić information content (AvgIpc) is 3.10.